The highest BCUT2D eigenvalue weighted by molar-refractivity contribution is 5.94. The van der Waals surface area contributed by atoms with Gasteiger partial charge in [0.1, 0.15) is 5.82 Å². The van der Waals surface area contributed by atoms with Crippen molar-refractivity contribution < 1.29 is 4.79 Å². The van der Waals surface area contributed by atoms with E-state index in [4.69, 9.17) is 0 Å². The predicted octanol–water partition coefficient (Wildman–Crippen LogP) is 4.34. The fourth-order valence-electron chi connectivity index (χ4n) is 2.44. The Hall–Kier alpha value is -3.41. The first kappa shape index (κ1) is 17.4. The first-order chi connectivity index (χ1) is 12.7. The molecule has 0 bridgehead atoms. The largest absolute Gasteiger partial charge is 0.329 e. The Morgan fingerprint density at radius 1 is 1.00 bits per heavy atom. The summed E-state index contributed by atoms with van der Waals surface area (Å²) in [5.41, 5.74) is 2.48. The minimum atomic E-state index is -0.0438. The van der Waals surface area contributed by atoms with E-state index in [-0.39, 0.29) is 5.91 Å². The fraction of sp³-hybridized carbons (Fsp3) is 0.150. The Bertz CT molecular complexity index is 882. The molecule has 6 nitrogen and oxygen atoms in total. The summed E-state index contributed by atoms with van der Waals surface area (Å²) in [6.45, 7) is 1.82. The van der Waals surface area contributed by atoms with E-state index in [0.717, 1.165) is 17.2 Å². The van der Waals surface area contributed by atoms with E-state index < -0.39 is 0 Å². The summed E-state index contributed by atoms with van der Waals surface area (Å²) in [4.78, 5) is 22.6. The third-order valence-electron chi connectivity index (χ3n) is 3.90. The molecule has 132 valence electrons. The lowest BCUT2D eigenvalue weighted by molar-refractivity contribution is -0.115. The Morgan fingerprint density at radius 2 is 1.69 bits per heavy atom. The molecule has 0 atom stereocenters. The summed E-state index contributed by atoms with van der Waals surface area (Å²) in [5.74, 6) is 1.19. The maximum absolute atomic E-state index is 11.7. The number of amides is 1. The van der Waals surface area contributed by atoms with E-state index in [0.29, 0.717) is 18.1 Å². The molecule has 3 rings (SSSR count). The molecule has 0 aliphatic carbocycles. The fourth-order valence-corrected chi connectivity index (χ4v) is 2.44. The first-order valence-corrected chi connectivity index (χ1v) is 8.45. The van der Waals surface area contributed by atoms with Gasteiger partial charge in [-0.1, -0.05) is 37.3 Å². The van der Waals surface area contributed by atoms with Crippen molar-refractivity contribution in [1.82, 2.24) is 9.97 Å². The third kappa shape index (κ3) is 4.16. The first-order valence-electron chi connectivity index (χ1n) is 8.45. The molecular formula is C20H21N5O. The van der Waals surface area contributed by atoms with Gasteiger partial charge in [0.2, 0.25) is 11.9 Å². The van der Waals surface area contributed by atoms with E-state index in [9.17, 15) is 4.79 Å². The van der Waals surface area contributed by atoms with Crippen molar-refractivity contribution in [2.75, 3.05) is 22.6 Å². The van der Waals surface area contributed by atoms with Gasteiger partial charge in [-0.25, -0.2) is 4.98 Å². The molecule has 0 radical (unpaired) electrons. The molecule has 0 saturated heterocycles. The second-order valence-corrected chi connectivity index (χ2v) is 5.71. The van der Waals surface area contributed by atoms with Crippen molar-refractivity contribution in [1.29, 1.82) is 0 Å². The minimum absolute atomic E-state index is 0.0438. The summed E-state index contributed by atoms with van der Waals surface area (Å²) < 4.78 is 0. The number of benzene rings is 2. The molecular weight excluding hydrogens is 326 g/mol. The topological polar surface area (TPSA) is 70.2 Å². The number of anilines is 5. The highest BCUT2D eigenvalue weighted by atomic mass is 16.1. The molecule has 2 aromatic carbocycles. The maximum atomic E-state index is 11.7. The van der Waals surface area contributed by atoms with Gasteiger partial charge in [-0.2, -0.15) is 4.98 Å². The van der Waals surface area contributed by atoms with E-state index in [2.05, 4.69) is 20.6 Å². The van der Waals surface area contributed by atoms with Crippen molar-refractivity contribution in [3.05, 3.63) is 66.9 Å². The van der Waals surface area contributed by atoms with Gasteiger partial charge in [-0.3, -0.25) is 4.79 Å². The normalized spacial score (nSPS) is 10.2. The van der Waals surface area contributed by atoms with Crippen molar-refractivity contribution in [2.45, 2.75) is 13.3 Å². The average Bonchev–Trinajstić information content (AvgIpc) is 2.69. The van der Waals surface area contributed by atoms with Gasteiger partial charge < -0.3 is 15.5 Å². The zero-order valence-electron chi connectivity index (χ0n) is 14.8. The Morgan fingerprint density at radius 3 is 2.42 bits per heavy atom. The molecule has 2 N–H and O–H groups in total. The van der Waals surface area contributed by atoms with Crippen LogP contribution in [-0.2, 0) is 4.79 Å². The number of hydrogen-bond donors (Lipinski definition) is 2. The van der Waals surface area contributed by atoms with Crippen molar-refractivity contribution in [3.63, 3.8) is 0 Å². The number of aromatic nitrogens is 2. The van der Waals surface area contributed by atoms with Gasteiger partial charge in [0.25, 0.3) is 0 Å². The molecule has 26 heavy (non-hydrogen) atoms. The summed E-state index contributed by atoms with van der Waals surface area (Å²) >= 11 is 0. The second kappa shape index (κ2) is 8.11. The van der Waals surface area contributed by atoms with E-state index >= 15 is 0 Å². The van der Waals surface area contributed by atoms with Crippen LogP contribution in [0.4, 0.5) is 28.8 Å². The highest BCUT2D eigenvalue weighted by Gasteiger charge is 2.09. The lowest BCUT2D eigenvalue weighted by Gasteiger charge is -2.19. The van der Waals surface area contributed by atoms with E-state index in [1.54, 1.807) is 6.20 Å². The Balaban J connectivity index is 1.83. The molecule has 3 aromatic rings. The summed E-state index contributed by atoms with van der Waals surface area (Å²) in [7, 11) is 1.96. The summed E-state index contributed by atoms with van der Waals surface area (Å²) in [5, 5.41) is 6.06. The second-order valence-electron chi connectivity index (χ2n) is 5.71. The SMILES string of the molecule is CCC(=O)Nc1ccccc1Nc1nccc(N(C)c2ccccc2)n1. The van der Waals surface area contributed by atoms with Crippen LogP contribution in [0.5, 0.6) is 0 Å². The standard InChI is InChI=1S/C20H21N5O/c1-3-19(26)22-16-11-7-8-12-17(16)23-20-21-14-13-18(24-20)25(2)15-9-5-4-6-10-15/h4-14H,3H2,1-2H3,(H,22,26)(H,21,23,24). The molecule has 1 aromatic heterocycles. The average molecular weight is 347 g/mol. The zero-order valence-corrected chi connectivity index (χ0v) is 14.8. The lowest BCUT2D eigenvalue weighted by Crippen LogP contribution is -2.13. The smallest absolute Gasteiger partial charge is 0.229 e. The van der Waals surface area contributed by atoms with Crippen LogP contribution in [-0.4, -0.2) is 22.9 Å². The molecule has 0 unspecified atom stereocenters. The number of para-hydroxylation sites is 3. The number of rotatable bonds is 6. The van der Waals surface area contributed by atoms with Gasteiger partial charge in [0.15, 0.2) is 0 Å². The summed E-state index contributed by atoms with van der Waals surface area (Å²) in [6, 6.07) is 19.3. The quantitative estimate of drug-likeness (QED) is 0.694. The predicted molar refractivity (Wildman–Crippen MR) is 105 cm³/mol. The van der Waals surface area contributed by atoms with E-state index in [1.807, 2.05) is 79.5 Å². The monoisotopic (exact) mass is 347 g/mol. The number of hydrogen-bond acceptors (Lipinski definition) is 5. The van der Waals surface area contributed by atoms with Crippen LogP contribution in [0.2, 0.25) is 0 Å². The molecule has 1 heterocycles. The van der Waals surface area contributed by atoms with Gasteiger partial charge in [0.05, 0.1) is 11.4 Å². The maximum Gasteiger partial charge on any atom is 0.229 e. The van der Waals surface area contributed by atoms with Crippen LogP contribution >= 0.6 is 0 Å². The van der Waals surface area contributed by atoms with E-state index in [1.165, 1.54) is 0 Å². The highest BCUT2D eigenvalue weighted by Crippen LogP contribution is 2.26. The number of carbonyl (C=O) groups excluding carboxylic acids is 1. The minimum Gasteiger partial charge on any atom is -0.329 e. The molecule has 1 amide bonds. The van der Waals surface area contributed by atoms with Crippen molar-refractivity contribution >= 4 is 34.7 Å². The lowest BCUT2D eigenvalue weighted by atomic mass is 10.2. The van der Waals surface area contributed by atoms with Crippen LogP contribution < -0.4 is 15.5 Å². The molecule has 0 fully saturated rings. The van der Waals surface area contributed by atoms with Gasteiger partial charge in [0, 0.05) is 25.4 Å². The van der Waals surface area contributed by atoms with Crippen molar-refractivity contribution in [2.24, 2.45) is 0 Å². The van der Waals surface area contributed by atoms with Gasteiger partial charge in [-0.05, 0) is 30.3 Å². The van der Waals surface area contributed by atoms with Crippen LogP contribution in [0.25, 0.3) is 0 Å². The van der Waals surface area contributed by atoms with Crippen molar-refractivity contribution in [3.8, 4) is 0 Å². The van der Waals surface area contributed by atoms with Gasteiger partial charge in [-0.15, -0.1) is 0 Å². The third-order valence-corrected chi connectivity index (χ3v) is 3.90. The van der Waals surface area contributed by atoms with Gasteiger partial charge >= 0.3 is 0 Å². The number of nitrogens with one attached hydrogen (secondary N) is 2. The van der Waals surface area contributed by atoms with Crippen LogP contribution in [0.1, 0.15) is 13.3 Å². The molecule has 0 spiro atoms. The number of nitrogens with zero attached hydrogens (tertiary/aromatic N) is 3. The molecule has 6 heteroatoms. The molecule has 0 aliphatic heterocycles. The van der Waals surface area contributed by atoms with Crippen LogP contribution in [0.3, 0.4) is 0 Å². The zero-order chi connectivity index (χ0) is 18.4. The summed E-state index contributed by atoms with van der Waals surface area (Å²) in [6.07, 6.45) is 2.12. The number of carbonyl (C=O) groups is 1. The Labute approximate surface area is 152 Å². The Kier molecular flexibility index (Phi) is 5.43. The molecule has 0 aliphatic rings. The van der Waals surface area contributed by atoms with Crippen LogP contribution in [0.15, 0.2) is 66.9 Å². The van der Waals surface area contributed by atoms with Crippen LogP contribution in [0, 0.1) is 0 Å². The molecule has 0 saturated carbocycles.